The molecule has 19 heavy (non-hydrogen) atoms. The Balaban J connectivity index is 1.59. The van der Waals surface area contributed by atoms with Crippen LogP contribution in [0.25, 0.3) is 10.9 Å². The van der Waals surface area contributed by atoms with Gasteiger partial charge in [0.05, 0.1) is 0 Å². The van der Waals surface area contributed by atoms with Gasteiger partial charge in [-0.3, -0.25) is 0 Å². The van der Waals surface area contributed by atoms with E-state index in [0.29, 0.717) is 6.61 Å². The van der Waals surface area contributed by atoms with E-state index in [2.05, 4.69) is 34.6 Å². The van der Waals surface area contributed by atoms with Gasteiger partial charge in [0.2, 0.25) is 0 Å². The molecule has 1 heterocycles. The minimum absolute atomic E-state index is 0.135. The number of H-pyrrole nitrogens is 1. The summed E-state index contributed by atoms with van der Waals surface area (Å²) in [4.78, 5) is 3.24. The van der Waals surface area contributed by atoms with Crippen molar-refractivity contribution in [2.24, 2.45) is 5.41 Å². The summed E-state index contributed by atoms with van der Waals surface area (Å²) in [5.74, 6) is 0. The molecule has 0 saturated heterocycles. The van der Waals surface area contributed by atoms with Crippen LogP contribution in [0.4, 0.5) is 0 Å². The van der Waals surface area contributed by atoms with Gasteiger partial charge in [0.25, 0.3) is 0 Å². The molecule has 1 aromatic carbocycles. The summed E-state index contributed by atoms with van der Waals surface area (Å²) in [6.45, 7) is 2.11. The van der Waals surface area contributed by atoms with Crippen molar-refractivity contribution in [1.82, 2.24) is 10.3 Å². The van der Waals surface area contributed by atoms with Crippen LogP contribution in [0, 0.1) is 5.41 Å². The zero-order valence-electron chi connectivity index (χ0n) is 11.3. The quantitative estimate of drug-likeness (QED) is 0.772. The minimum Gasteiger partial charge on any atom is -0.396 e. The molecule has 1 aliphatic carbocycles. The standard InChI is InChI=1S/C16H22N2O/c19-12-16(6-1-2-7-16)11-17-10-13-3-4-14-5-8-18-15(14)9-13/h3-5,8-9,17-19H,1-2,6-7,10-12H2. The number of rotatable bonds is 5. The number of aliphatic hydroxyl groups excluding tert-OH is 1. The number of aromatic nitrogens is 1. The number of hydrogen-bond acceptors (Lipinski definition) is 2. The molecule has 3 nitrogen and oxygen atoms in total. The predicted molar refractivity (Wildman–Crippen MR) is 78.0 cm³/mol. The Kier molecular flexibility index (Phi) is 3.58. The molecular weight excluding hydrogens is 236 g/mol. The molecule has 102 valence electrons. The number of hydrogen-bond donors (Lipinski definition) is 3. The number of aliphatic hydroxyl groups is 1. The molecule has 0 spiro atoms. The van der Waals surface area contributed by atoms with Crippen LogP contribution in [-0.4, -0.2) is 23.2 Å². The molecule has 0 aliphatic heterocycles. The van der Waals surface area contributed by atoms with E-state index >= 15 is 0 Å². The van der Waals surface area contributed by atoms with Crippen molar-refractivity contribution < 1.29 is 5.11 Å². The maximum atomic E-state index is 9.58. The Labute approximate surface area is 114 Å². The van der Waals surface area contributed by atoms with Gasteiger partial charge in [-0.25, -0.2) is 0 Å². The maximum Gasteiger partial charge on any atom is 0.0499 e. The van der Waals surface area contributed by atoms with Crippen LogP contribution in [0.15, 0.2) is 30.5 Å². The molecule has 0 radical (unpaired) electrons. The zero-order valence-corrected chi connectivity index (χ0v) is 11.3. The van der Waals surface area contributed by atoms with E-state index in [1.807, 2.05) is 6.20 Å². The number of fused-ring (bicyclic) bond motifs is 1. The summed E-state index contributed by atoms with van der Waals surface area (Å²) in [6, 6.07) is 8.61. The lowest BCUT2D eigenvalue weighted by Gasteiger charge is -2.26. The summed E-state index contributed by atoms with van der Waals surface area (Å²) < 4.78 is 0. The maximum absolute atomic E-state index is 9.58. The largest absolute Gasteiger partial charge is 0.396 e. The SMILES string of the molecule is OCC1(CNCc2ccc3cc[nH]c3c2)CCCC1. The third kappa shape index (κ3) is 2.67. The Bertz CT molecular complexity index is 540. The van der Waals surface area contributed by atoms with E-state index < -0.39 is 0 Å². The number of aromatic amines is 1. The Morgan fingerprint density at radius 3 is 2.84 bits per heavy atom. The second kappa shape index (κ2) is 5.35. The van der Waals surface area contributed by atoms with Crippen molar-refractivity contribution in [2.45, 2.75) is 32.2 Å². The molecular formula is C16H22N2O. The van der Waals surface area contributed by atoms with Crippen molar-refractivity contribution in [3.63, 3.8) is 0 Å². The lowest BCUT2D eigenvalue weighted by Crippen LogP contribution is -2.34. The van der Waals surface area contributed by atoms with Crippen LogP contribution in [0.2, 0.25) is 0 Å². The molecule has 0 unspecified atom stereocenters. The molecule has 1 aromatic heterocycles. The van der Waals surface area contributed by atoms with Crippen molar-refractivity contribution in [1.29, 1.82) is 0 Å². The van der Waals surface area contributed by atoms with Gasteiger partial charge in [0.15, 0.2) is 0 Å². The highest BCUT2D eigenvalue weighted by molar-refractivity contribution is 5.79. The Hall–Kier alpha value is -1.32. The molecule has 0 bridgehead atoms. The van der Waals surface area contributed by atoms with Crippen LogP contribution in [0.3, 0.4) is 0 Å². The summed E-state index contributed by atoms with van der Waals surface area (Å²) >= 11 is 0. The van der Waals surface area contributed by atoms with E-state index in [-0.39, 0.29) is 5.41 Å². The van der Waals surface area contributed by atoms with Gasteiger partial charge >= 0.3 is 0 Å². The fourth-order valence-electron chi connectivity index (χ4n) is 3.19. The van der Waals surface area contributed by atoms with Gasteiger partial charge in [-0.1, -0.05) is 25.0 Å². The predicted octanol–water partition coefficient (Wildman–Crippen LogP) is 2.81. The molecule has 0 amide bonds. The second-order valence-electron chi connectivity index (χ2n) is 5.87. The van der Waals surface area contributed by atoms with Crippen molar-refractivity contribution >= 4 is 10.9 Å². The normalized spacial score (nSPS) is 18.2. The fourth-order valence-corrected chi connectivity index (χ4v) is 3.19. The van der Waals surface area contributed by atoms with Gasteiger partial charge in [-0.05, 0) is 35.9 Å². The number of nitrogens with one attached hydrogen (secondary N) is 2. The first-order valence-electron chi connectivity index (χ1n) is 7.19. The van der Waals surface area contributed by atoms with Crippen molar-refractivity contribution in [3.05, 3.63) is 36.0 Å². The first kappa shape index (κ1) is 12.7. The molecule has 1 aliphatic rings. The highest BCUT2D eigenvalue weighted by Gasteiger charge is 2.32. The van der Waals surface area contributed by atoms with E-state index in [1.54, 1.807) is 0 Å². The van der Waals surface area contributed by atoms with Gasteiger partial charge in [-0.15, -0.1) is 0 Å². The smallest absolute Gasteiger partial charge is 0.0499 e. The van der Waals surface area contributed by atoms with Crippen molar-refractivity contribution in [2.75, 3.05) is 13.2 Å². The van der Waals surface area contributed by atoms with E-state index in [4.69, 9.17) is 0 Å². The second-order valence-corrected chi connectivity index (χ2v) is 5.87. The molecule has 2 aromatic rings. The first-order valence-corrected chi connectivity index (χ1v) is 7.19. The summed E-state index contributed by atoms with van der Waals surface area (Å²) in [6.07, 6.45) is 6.81. The van der Waals surface area contributed by atoms with Gasteiger partial charge in [0.1, 0.15) is 0 Å². The molecule has 0 atom stereocenters. The number of benzene rings is 1. The molecule has 1 saturated carbocycles. The fraction of sp³-hybridized carbons (Fsp3) is 0.500. The topological polar surface area (TPSA) is 48.0 Å². The minimum atomic E-state index is 0.135. The molecule has 3 N–H and O–H groups in total. The van der Waals surface area contributed by atoms with Crippen LogP contribution >= 0.6 is 0 Å². The first-order chi connectivity index (χ1) is 9.31. The average molecular weight is 258 g/mol. The monoisotopic (exact) mass is 258 g/mol. The highest BCUT2D eigenvalue weighted by atomic mass is 16.3. The summed E-state index contributed by atoms with van der Waals surface area (Å²) in [7, 11) is 0. The molecule has 3 heteroatoms. The lowest BCUT2D eigenvalue weighted by atomic mass is 9.87. The summed E-state index contributed by atoms with van der Waals surface area (Å²) in [5, 5.41) is 14.4. The third-order valence-electron chi connectivity index (χ3n) is 4.45. The van der Waals surface area contributed by atoms with Gasteiger partial charge < -0.3 is 15.4 Å². The van der Waals surface area contributed by atoms with Crippen LogP contribution in [0.5, 0.6) is 0 Å². The molecule has 3 rings (SSSR count). The Morgan fingerprint density at radius 1 is 1.21 bits per heavy atom. The highest BCUT2D eigenvalue weighted by Crippen LogP contribution is 2.36. The van der Waals surface area contributed by atoms with Crippen LogP contribution < -0.4 is 5.32 Å². The van der Waals surface area contributed by atoms with Crippen LogP contribution in [-0.2, 0) is 6.54 Å². The van der Waals surface area contributed by atoms with E-state index in [9.17, 15) is 5.11 Å². The Morgan fingerprint density at radius 2 is 2.05 bits per heavy atom. The third-order valence-corrected chi connectivity index (χ3v) is 4.45. The van der Waals surface area contributed by atoms with Gasteiger partial charge in [0, 0.05) is 36.8 Å². The van der Waals surface area contributed by atoms with E-state index in [0.717, 1.165) is 25.9 Å². The van der Waals surface area contributed by atoms with Crippen LogP contribution in [0.1, 0.15) is 31.2 Å². The zero-order chi connectivity index (χ0) is 13.1. The van der Waals surface area contributed by atoms with Gasteiger partial charge in [-0.2, -0.15) is 0 Å². The van der Waals surface area contributed by atoms with E-state index in [1.165, 1.54) is 29.3 Å². The average Bonchev–Trinajstić information content (AvgIpc) is 3.07. The lowest BCUT2D eigenvalue weighted by molar-refractivity contribution is 0.128. The molecule has 1 fully saturated rings. The summed E-state index contributed by atoms with van der Waals surface area (Å²) in [5.41, 5.74) is 2.62. The van der Waals surface area contributed by atoms with Crippen molar-refractivity contribution in [3.8, 4) is 0 Å².